The molecule has 0 aromatic rings. The van der Waals surface area contributed by atoms with E-state index in [4.69, 9.17) is 9.84 Å². The highest BCUT2D eigenvalue weighted by Gasteiger charge is 2.21. The molecule has 1 saturated carbocycles. The maximum atomic E-state index is 8.89. The second kappa shape index (κ2) is 8.37. The van der Waals surface area contributed by atoms with Crippen LogP contribution in [0.25, 0.3) is 0 Å². The molecule has 3 atom stereocenters. The summed E-state index contributed by atoms with van der Waals surface area (Å²) in [5.74, 6) is 3.27. The van der Waals surface area contributed by atoms with Crippen molar-refractivity contribution < 1.29 is 9.84 Å². The van der Waals surface area contributed by atoms with Crippen molar-refractivity contribution in [3.63, 3.8) is 0 Å². The Kier molecular flexibility index (Phi) is 7.50. The predicted octanol–water partition coefficient (Wildman–Crippen LogP) is 2.94. The molecule has 0 aliphatic heterocycles. The van der Waals surface area contributed by atoms with Gasteiger partial charge < -0.3 is 9.84 Å². The monoisotopic (exact) mass is 246 g/mol. The first-order chi connectivity index (χ1) is 7.74. The summed E-state index contributed by atoms with van der Waals surface area (Å²) in [6, 6.07) is 0. The fourth-order valence-electron chi connectivity index (χ4n) is 2.13. The molecule has 96 valence electrons. The van der Waals surface area contributed by atoms with Gasteiger partial charge in [-0.3, -0.25) is 0 Å². The van der Waals surface area contributed by atoms with Gasteiger partial charge in [-0.25, -0.2) is 0 Å². The molecule has 0 spiro atoms. The molecule has 1 N–H and O–H groups in total. The molecule has 1 aliphatic carbocycles. The van der Waals surface area contributed by atoms with E-state index in [0.717, 1.165) is 24.0 Å². The van der Waals surface area contributed by atoms with Crippen LogP contribution in [0.2, 0.25) is 0 Å². The molecule has 0 radical (unpaired) electrons. The molecule has 1 aliphatic rings. The summed E-state index contributed by atoms with van der Waals surface area (Å²) < 4.78 is 5.93. The number of hydrogen-bond donors (Lipinski definition) is 1. The Labute approximate surface area is 104 Å². The van der Waals surface area contributed by atoms with Crippen LogP contribution in [-0.2, 0) is 4.74 Å². The van der Waals surface area contributed by atoms with Crippen LogP contribution in [0.5, 0.6) is 0 Å². The lowest BCUT2D eigenvalue weighted by atomic mass is 9.88. The van der Waals surface area contributed by atoms with Gasteiger partial charge in [0.2, 0.25) is 0 Å². The smallest absolute Gasteiger partial charge is 0.0601 e. The van der Waals surface area contributed by atoms with Crippen LogP contribution >= 0.6 is 11.8 Å². The van der Waals surface area contributed by atoms with E-state index < -0.39 is 0 Å². The number of rotatable bonds is 7. The van der Waals surface area contributed by atoms with Crippen molar-refractivity contribution in [2.24, 2.45) is 11.8 Å². The first-order valence-electron chi connectivity index (χ1n) is 6.54. The fourth-order valence-corrected chi connectivity index (χ4v) is 3.01. The number of thioether (sulfide) groups is 1. The van der Waals surface area contributed by atoms with Gasteiger partial charge in [0.25, 0.3) is 0 Å². The molecular formula is C13H26O2S. The Morgan fingerprint density at radius 2 is 2.12 bits per heavy atom. The van der Waals surface area contributed by atoms with Gasteiger partial charge in [-0.05, 0) is 30.4 Å². The number of aliphatic hydroxyl groups is 1. The van der Waals surface area contributed by atoms with E-state index in [1.54, 1.807) is 0 Å². The largest absolute Gasteiger partial charge is 0.396 e. The molecule has 0 aromatic heterocycles. The van der Waals surface area contributed by atoms with Crippen molar-refractivity contribution in [1.29, 1.82) is 0 Å². The van der Waals surface area contributed by atoms with Gasteiger partial charge in [-0.15, -0.1) is 0 Å². The molecule has 0 aromatic carbocycles. The van der Waals surface area contributed by atoms with Crippen LogP contribution in [0.3, 0.4) is 0 Å². The van der Waals surface area contributed by atoms with Gasteiger partial charge in [-0.2, -0.15) is 11.8 Å². The van der Waals surface area contributed by atoms with Crippen molar-refractivity contribution in [2.75, 3.05) is 24.7 Å². The molecule has 0 amide bonds. The summed E-state index contributed by atoms with van der Waals surface area (Å²) in [6.45, 7) is 5.56. The summed E-state index contributed by atoms with van der Waals surface area (Å²) in [5.41, 5.74) is 0. The quantitative estimate of drug-likeness (QED) is 0.700. The summed E-state index contributed by atoms with van der Waals surface area (Å²) in [6.07, 6.45) is 5.80. The molecule has 1 rings (SSSR count). The first kappa shape index (κ1) is 14.3. The third-order valence-corrected chi connectivity index (χ3v) is 4.57. The number of aliphatic hydroxyl groups excluding tert-OH is 1. The minimum Gasteiger partial charge on any atom is -0.396 e. The highest BCUT2D eigenvalue weighted by Crippen LogP contribution is 2.26. The molecule has 0 bridgehead atoms. The van der Waals surface area contributed by atoms with E-state index in [0.29, 0.717) is 18.6 Å². The van der Waals surface area contributed by atoms with Crippen LogP contribution in [-0.4, -0.2) is 35.9 Å². The summed E-state index contributed by atoms with van der Waals surface area (Å²) >= 11 is 1.89. The highest BCUT2D eigenvalue weighted by atomic mass is 32.2. The molecule has 0 saturated heterocycles. The second-order valence-electron chi connectivity index (χ2n) is 5.03. The van der Waals surface area contributed by atoms with Crippen molar-refractivity contribution in [3.05, 3.63) is 0 Å². The van der Waals surface area contributed by atoms with Crippen LogP contribution in [0.15, 0.2) is 0 Å². The first-order valence-corrected chi connectivity index (χ1v) is 7.69. The standard InChI is InChI=1S/C13H26O2S/c1-11(9-14)10-16-8-7-15-13-6-4-3-5-12(13)2/h11-14H,3-10H2,1-2H3. The third-order valence-electron chi connectivity index (χ3n) is 3.31. The van der Waals surface area contributed by atoms with E-state index in [-0.39, 0.29) is 0 Å². The summed E-state index contributed by atoms with van der Waals surface area (Å²) in [7, 11) is 0. The van der Waals surface area contributed by atoms with Crippen LogP contribution < -0.4 is 0 Å². The van der Waals surface area contributed by atoms with Gasteiger partial charge in [0.05, 0.1) is 12.7 Å². The van der Waals surface area contributed by atoms with Gasteiger partial charge in [-0.1, -0.05) is 26.7 Å². The van der Waals surface area contributed by atoms with Crippen molar-refractivity contribution in [3.8, 4) is 0 Å². The van der Waals surface area contributed by atoms with Crippen LogP contribution in [0, 0.1) is 11.8 Å². The predicted molar refractivity (Wildman–Crippen MR) is 70.9 cm³/mol. The summed E-state index contributed by atoms with van der Waals surface area (Å²) in [4.78, 5) is 0. The normalized spacial score (nSPS) is 27.9. The Bertz CT molecular complexity index is 175. The third kappa shape index (κ3) is 5.55. The van der Waals surface area contributed by atoms with Crippen molar-refractivity contribution in [1.82, 2.24) is 0 Å². The van der Waals surface area contributed by atoms with Crippen molar-refractivity contribution in [2.45, 2.75) is 45.6 Å². The maximum Gasteiger partial charge on any atom is 0.0601 e. The maximum absolute atomic E-state index is 8.89. The SMILES string of the molecule is CC(CO)CSCCOC1CCCCC1C. The molecule has 2 nitrogen and oxygen atoms in total. The average molecular weight is 246 g/mol. The van der Waals surface area contributed by atoms with E-state index in [1.807, 2.05) is 11.8 Å². The fraction of sp³-hybridized carbons (Fsp3) is 1.00. The van der Waals surface area contributed by atoms with Crippen LogP contribution in [0.4, 0.5) is 0 Å². The lowest BCUT2D eigenvalue weighted by Crippen LogP contribution is -2.26. The van der Waals surface area contributed by atoms with Gasteiger partial charge in [0, 0.05) is 12.4 Å². The average Bonchev–Trinajstić information content (AvgIpc) is 2.30. The Morgan fingerprint density at radius 1 is 1.38 bits per heavy atom. The number of hydrogen-bond acceptors (Lipinski definition) is 3. The molecule has 0 heterocycles. The zero-order valence-corrected chi connectivity index (χ0v) is 11.5. The lowest BCUT2D eigenvalue weighted by Gasteiger charge is -2.28. The van der Waals surface area contributed by atoms with E-state index in [1.165, 1.54) is 25.7 Å². The Balaban J connectivity index is 1.97. The number of ether oxygens (including phenoxy) is 1. The van der Waals surface area contributed by atoms with Crippen molar-refractivity contribution >= 4 is 11.8 Å². The molecule has 3 heteroatoms. The summed E-state index contributed by atoms with van der Waals surface area (Å²) in [5, 5.41) is 8.89. The zero-order chi connectivity index (χ0) is 11.8. The van der Waals surface area contributed by atoms with Gasteiger partial charge >= 0.3 is 0 Å². The van der Waals surface area contributed by atoms with E-state index in [9.17, 15) is 0 Å². The lowest BCUT2D eigenvalue weighted by molar-refractivity contribution is 0.00346. The Morgan fingerprint density at radius 3 is 2.81 bits per heavy atom. The van der Waals surface area contributed by atoms with Gasteiger partial charge in [0.15, 0.2) is 0 Å². The van der Waals surface area contributed by atoms with Gasteiger partial charge in [0.1, 0.15) is 0 Å². The zero-order valence-electron chi connectivity index (χ0n) is 10.7. The Hall–Kier alpha value is 0.270. The topological polar surface area (TPSA) is 29.5 Å². The minimum atomic E-state index is 0.299. The van der Waals surface area contributed by atoms with E-state index >= 15 is 0 Å². The molecule has 3 unspecified atom stereocenters. The second-order valence-corrected chi connectivity index (χ2v) is 6.18. The highest BCUT2D eigenvalue weighted by molar-refractivity contribution is 7.99. The molecule has 16 heavy (non-hydrogen) atoms. The minimum absolute atomic E-state index is 0.299. The molecule has 1 fully saturated rings. The molecular weight excluding hydrogens is 220 g/mol. The van der Waals surface area contributed by atoms with E-state index in [2.05, 4.69) is 13.8 Å². The van der Waals surface area contributed by atoms with Crippen LogP contribution in [0.1, 0.15) is 39.5 Å².